The molecule has 103 valence electrons. The molecule has 0 amide bonds. The van der Waals surface area contributed by atoms with E-state index in [4.69, 9.17) is 0 Å². The van der Waals surface area contributed by atoms with Gasteiger partial charge >= 0.3 is 0 Å². The summed E-state index contributed by atoms with van der Waals surface area (Å²) in [6, 6.07) is 31.4. The number of benzene rings is 3. The molecule has 0 aliphatic rings. The molecule has 0 N–H and O–H groups in total. The van der Waals surface area contributed by atoms with Gasteiger partial charge in [-0.15, -0.1) is 0 Å². The van der Waals surface area contributed by atoms with Gasteiger partial charge in [0.05, 0.1) is 0 Å². The largest absolute Gasteiger partial charge is 0.0622 e. The summed E-state index contributed by atoms with van der Waals surface area (Å²) in [6.45, 7) is 4.58. The van der Waals surface area contributed by atoms with Gasteiger partial charge in [0, 0.05) is 22.8 Å². The predicted octanol–water partition coefficient (Wildman–Crippen LogP) is 4.85. The third kappa shape index (κ3) is 2.95. The number of hydrogen-bond acceptors (Lipinski definition) is 0. The Morgan fingerprint density at radius 1 is 0.476 bits per heavy atom. The van der Waals surface area contributed by atoms with E-state index in [0.29, 0.717) is 0 Å². The van der Waals surface area contributed by atoms with Gasteiger partial charge in [-0.2, -0.15) is 0 Å². The van der Waals surface area contributed by atoms with Crippen LogP contribution in [-0.4, -0.2) is 0 Å². The molecule has 0 heterocycles. The van der Waals surface area contributed by atoms with Crippen LogP contribution >= 0.6 is 0 Å². The van der Waals surface area contributed by atoms with Crippen LogP contribution in [-0.2, 0) is 22.8 Å². The van der Waals surface area contributed by atoms with Crippen LogP contribution in [0.2, 0.25) is 0 Å². The van der Waals surface area contributed by atoms with E-state index >= 15 is 0 Å². The maximum Gasteiger partial charge on any atom is 0.0451 e. The molecular weight excluding hydrogens is 292 g/mol. The average molecular weight is 309 g/mol. The Bertz CT molecular complexity index is 563. The average Bonchev–Trinajstić information content (AvgIpc) is 2.56. The first kappa shape index (κ1) is 15.6. The molecule has 1 radical (unpaired) electrons. The smallest absolute Gasteiger partial charge is 0.0451 e. The Balaban J connectivity index is 0.00000161. The zero-order valence-electron chi connectivity index (χ0n) is 11.8. The normalized spacial score (nSPS) is 10.7. The van der Waals surface area contributed by atoms with Crippen LogP contribution < -0.4 is 0 Å². The van der Waals surface area contributed by atoms with Crippen LogP contribution in [0.3, 0.4) is 0 Å². The van der Waals surface area contributed by atoms with Crippen LogP contribution in [0.4, 0.5) is 0 Å². The maximum atomic E-state index is 4.58. The molecular formula is C20H17Cr. The Kier molecular flexibility index (Phi) is 5.02. The molecule has 21 heavy (non-hydrogen) atoms. The summed E-state index contributed by atoms with van der Waals surface area (Å²) in [4.78, 5) is 0. The fourth-order valence-electron chi connectivity index (χ4n) is 2.67. The van der Waals surface area contributed by atoms with Crippen molar-refractivity contribution in [3.8, 4) is 0 Å². The molecule has 0 aliphatic carbocycles. The molecule has 0 unspecified atom stereocenters. The van der Waals surface area contributed by atoms with E-state index in [9.17, 15) is 0 Å². The van der Waals surface area contributed by atoms with Crippen LogP contribution in [0.25, 0.3) is 0 Å². The SMILES string of the molecule is [CH2]C(c1ccccc1)(c1ccccc1)c1ccccc1.[Cr]. The molecule has 3 rings (SSSR count). The topological polar surface area (TPSA) is 0 Å². The van der Waals surface area contributed by atoms with Crippen LogP contribution in [0.5, 0.6) is 0 Å². The first-order valence-electron chi connectivity index (χ1n) is 6.84. The second kappa shape index (κ2) is 6.77. The van der Waals surface area contributed by atoms with E-state index in [1.54, 1.807) is 0 Å². The first-order chi connectivity index (χ1) is 9.82. The van der Waals surface area contributed by atoms with Crippen LogP contribution in [0, 0.1) is 6.92 Å². The van der Waals surface area contributed by atoms with Crippen molar-refractivity contribution in [1.82, 2.24) is 0 Å². The van der Waals surface area contributed by atoms with Crippen LogP contribution in [0.1, 0.15) is 16.7 Å². The molecule has 0 atom stereocenters. The second-order valence-corrected chi connectivity index (χ2v) is 5.00. The standard InChI is InChI=1S/C20H17.Cr/c1-20(17-11-5-2-6-12-17,18-13-7-3-8-14-18)19-15-9-4-10-16-19;/h2-16H,1H2;. The minimum Gasteiger partial charge on any atom is -0.0622 e. The molecule has 0 fully saturated rings. The third-order valence-electron chi connectivity index (χ3n) is 3.80. The molecule has 0 spiro atoms. The van der Waals surface area contributed by atoms with Crippen molar-refractivity contribution in [1.29, 1.82) is 0 Å². The molecule has 3 aromatic carbocycles. The summed E-state index contributed by atoms with van der Waals surface area (Å²) >= 11 is 0. The Morgan fingerprint density at radius 2 is 0.714 bits per heavy atom. The summed E-state index contributed by atoms with van der Waals surface area (Å²) in [7, 11) is 0. The number of rotatable bonds is 3. The van der Waals surface area contributed by atoms with Crippen molar-refractivity contribution in [3.63, 3.8) is 0 Å². The van der Waals surface area contributed by atoms with Crippen molar-refractivity contribution < 1.29 is 17.4 Å². The Labute approximate surface area is 137 Å². The van der Waals surface area contributed by atoms with Gasteiger partial charge in [-0.1, -0.05) is 91.0 Å². The molecule has 0 saturated heterocycles. The monoisotopic (exact) mass is 309 g/mol. The first-order valence-corrected chi connectivity index (χ1v) is 6.84. The van der Waals surface area contributed by atoms with Gasteiger partial charge in [-0.3, -0.25) is 0 Å². The fourth-order valence-corrected chi connectivity index (χ4v) is 2.67. The zero-order chi connectivity index (χ0) is 13.8. The quantitative estimate of drug-likeness (QED) is 0.607. The Hall–Kier alpha value is -1.81. The van der Waals surface area contributed by atoms with Gasteiger partial charge in [0.25, 0.3) is 0 Å². The van der Waals surface area contributed by atoms with E-state index in [-0.39, 0.29) is 22.8 Å². The molecule has 0 saturated carbocycles. The maximum absolute atomic E-state index is 4.58. The molecule has 0 aliphatic heterocycles. The van der Waals surface area contributed by atoms with Crippen molar-refractivity contribution in [3.05, 3.63) is 115 Å². The van der Waals surface area contributed by atoms with E-state index in [1.165, 1.54) is 16.7 Å². The van der Waals surface area contributed by atoms with Gasteiger partial charge < -0.3 is 0 Å². The van der Waals surface area contributed by atoms with Crippen molar-refractivity contribution in [2.24, 2.45) is 0 Å². The molecule has 0 aromatic heterocycles. The van der Waals surface area contributed by atoms with Crippen molar-refractivity contribution >= 4 is 0 Å². The minimum absolute atomic E-state index is 0. The summed E-state index contributed by atoms with van der Waals surface area (Å²) < 4.78 is 0. The van der Waals surface area contributed by atoms with Crippen LogP contribution in [0.15, 0.2) is 91.0 Å². The van der Waals surface area contributed by atoms with E-state index in [0.717, 1.165) is 0 Å². The summed E-state index contributed by atoms with van der Waals surface area (Å²) in [5, 5.41) is 0. The van der Waals surface area contributed by atoms with Crippen molar-refractivity contribution in [2.75, 3.05) is 0 Å². The fraction of sp³-hybridized carbons (Fsp3) is 0.0500. The summed E-state index contributed by atoms with van der Waals surface area (Å²) in [5.41, 5.74) is 3.25. The van der Waals surface area contributed by atoms with Gasteiger partial charge in [0.2, 0.25) is 0 Å². The molecule has 1 heteroatoms. The van der Waals surface area contributed by atoms with Gasteiger partial charge in [-0.25, -0.2) is 0 Å². The predicted molar refractivity (Wildman–Crippen MR) is 84.6 cm³/mol. The van der Waals surface area contributed by atoms with E-state index in [2.05, 4.69) is 79.7 Å². The van der Waals surface area contributed by atoms with Gasteiger partial charge in [0.15, 0.2) is 0 Å². The zero-order valence-corrected chi connectivity index (χ0v) is 13.1. The Morgan fingerprint density at radius 3 is 0.952 bits per heavy atom. The summed E-state index contributed by atoms with van der Waals surface area (Å²) in [6.07, 6.45) is 0. The second-order valence-electron chi connectivity index (χ2n) is 5.00. The third-order valence-corrected chi connectivity index (χ3v) is 3.80. The number of hydrogen-bond donors (Lipinski definition) is 0. The minimum atomic E-state index is -0.371. The summed E-state index contributed by atoms with van der Waals surface area (Å²) in [5.74, 6) is 0. The molecule has 0 bridgehead atoms. The van der Waals surface area contributed by atoms with Gasteiger partial charge in [-0.05, 0) is 23.6 Å². The van der Waals surface area contributed by atoms with Crippen molar-refractivity contribution in [2.45, 2.75) is 5.41 Å². The van der Waals surface area contributed by atoms with E-state index < -0.39 is 0 Å². The van der Waals surface area contributed by atoms with Gasteiger partial charge in [0.1, 0.15) is 0 Å². The molecule has 3 aromatic rings. The van der Waals surface area contributed by atoms with E-state index in [1.807, 2.05) is 18.2 Å². The molecule has 0 nitrogen and oxygen atoms in total.